The molecule has 16 heavy (non-hydrogen) atoms. The van der Waals surface area contributed by atoms with E-state index >= 15 is 0 Å². The summed E-state index contributed by atoms with van der Waals surface area (Å²) in [5.74, 6) is 0. The first-order valence-corrected chi connectivity index (χ1v) is 7.31. The van der Waals surface area contributed by atoms with Crippen molar-refractivity contribution >= 4 is 20.2 Å². The van der Waals surface area contributed by atoms with Gasteiger partial charge in [-0.1, -0.05) is 6.92 Å². The Kier molecular flexibility index (Phi) is 6.30. The molecule has 0 saturated carbocycles. The maximum absolute atomic E-state index is 11.9. The zero-order valence-corrected chi connectivity index (χ0v) is 10.1. The molecular weight excluding hydrogens is 270 g/mol. The van der Waals surface area contributed by atoms with Crippen LogP contribution in [0.5, 0.6) is 0 Å². The second-order valence-corrected chi connectivity index (χ2v) is 5.84. The zero-order chi connectivity index (χ0) is 12.8. The highest BCUT2D eigenvalue weighted by Crippen LogP contribution is 2.07. The molecule has 0 aliphatic rings. The van der Waals surface area contributed by atoms with Crippen molar-refractivity contribution < 1.29 is 34.0 Å². The zero-order valence-electron chi connectivity index (χ0n) is 8.43. The van der Waals surface area contributed by atoms with Crippen LogP contribution in [-0.4, -0.2) is 41.6 Å². The molecule has 0 N–H and O–H groups in total. The van der Waals surface area contributed by atoms with Crippen LogP contribution in [0.15, 0.2) is 0 Å². The van der Waals surface area contributed by atoms with Crippen molar-refractivity contribution in [2.45, 2.75) is 19.4 Å². The van der Waals surface area contributed by atoms with Gasteiger partial charge in [-0.3, -0.25) is 8.37 Å². The van der Waals surface area contributed by atoms with Gasteiger partial charge in [0.2, 0.25) is 12.0 Å². The lowest BCUT2D eigenvalue weighted by Crippen LogP contribution is -2.25. The topological polar surface area (TPSA) is 86.7 Å². The number of hydrogen-bond donors (Lipinski definition) is 0. The van der Waals surface area contributed by atoms with E-state index < -0.39 is 45.0 Å². The molecule has 0 aromatic rings. The smallest absolute Gasteiger partial charge is 0.265 e. The molecule has 1 atom stereocenters. The Morgan fingerprint density at radius 1 is 1.06 bits per heavy atom. The molecule has 0 radical (unpaired) electrons. The van der Waals surface area contributed by atoms with E-state index in [2.05, 4.69) is 8.37 Å². The quantitative estimate of drug-likeness (QED) is 0.596. The Hall–Kier alpha value is -0.320. The highest BCUT2D eigenvalue weighted by molar-refractivity contribution is 7.86. The molecule has 10 heteroatoms. The van der Waals surface area contributed by atoms with E-state index in [1.54, 1.807) is 0 Å². The fourth-order valence-corrected chi connectivity index (χ4v) is 1.74. The molecule has 0 rings (SSSR count). The predicted molar refractivity (Wildman–Crippen MR) is 50.9 cm³/mol. The summed E-state index contributed by atoms with van der Waals surface area (Å²) in [4.78, 5) is 0. The summed E-state index contributed by atoms with van der Waals surface area (Å²) >= 11 is 0. The first-order chi connectivity index (χ1) is 7.26. The summed E-state index contributed by atoms with van der Waals surface area (Å²) in [6, 6.07) is -3.45. The van der Waals surface area contributed by atoms with Crippen molar-refractivity contribution in [1.29, 1.82) is 0 Å². The first kappa shape index (κ1) is 15.7. The van der Waals surface area contributed by atoms with Gasteiger partial charge in [0.05, 0.1) is 6.61 Å². The molecule has 0 aliphatic carbocycles. The van der Waals surface area contributed by atoms with Crippen LogP contribution in [0.25, 0.3) is 0 Å². The molecule has 0 heterocycles. The lowest BCUT2D eigenvalue weighted by atomic mass is 10.3. The predicted octanol–water partition coefficient (Wildman–Crippen LogP) is 0.312. The van der Waals surface area contributed by atoms with Crippen molar-refractivity contribution in [3.8, 4) is 0 Å². The van der Waals surface area contributed by atoms with Crippen molar-refractivity contribution in [3.63, 3.8) is 0 Å². The molecule has 0 saturated heterocycles. The average Bonchev–Trinajstić information content (AvgIpc) is 2.24. The Morgan fingerprint density at radius 2 is 1.56 bits per heavy atom. The van der Waals surface area contributed by atoms with Crippen molar-refractivity contribution in [3.05, 3.63) is 0 Å². The molecule has 0 spiro atoms. The first-order valence-electron chi connectivity index (χ1n) is 4.16. The number of rotatable bonds is 8. The van der Waals surface area contributed by atoms with E-state index in [9.17, 15) is 25.6 Å². The molecule has 1 unspecified atom stereocenters. The Balaban J connectivity index is 4.34. The summed E-state index contributed by atoms with van der Waals surface area (Å²) < 4.78 is 74.6. The lowest BCUT2D eigenvalue weighted by Gasteiger charge is -2.13. The largest absolute Gasteiger partial charge is 0.297 e. The van der Waals surface area contributed by atoms with Gasteiger partial charge in [0.25, 0.3) is 20.2 Å². The number of halogens is 2. The third-order valence-electron chi connectivity index (χ3n) is 1.44. The summed E-state index contributed by atoms with van der Waals surface area (Å²) in [5.41, 5.74) is 0. The van der Waals surface area contributed by atoms with Gasteiger partial charge in [0.15, 0.2) is 0 Å². The molecule has 0 aromatic heterocycles. The Labute approximate surface area is 92.8 Å². The minimum atomic E-state index is -4.34. The van der Waals surface area contributed by atoms with Gasteiger partial charge in [-0.25, -0.2) is 8.78 Å². The maximum atomic E-state index is 11.9. The molecule has 98 valence electrons. The van der Waals surface area contributed by atoms with Crippen molar-refractivity contribution in [2.75, 3.05) is 18.6 Å². The minimum Gasteiger partial charge on any atom is -0.265 e. The van der Waals surface area contributed by atoms with Crippen molar-refractivity contribution in [1.82, 2.24) is 0 Å². The number of alkyl halides is 2. The van der Waals surface area contributed by atoms with Crippen LogP contribution in [0, 0.1) is 0 Å². The van der Waals surface area contributed by atoms with E-state index in [0.717, 1.165) is 0 Å². The van der Waals surface area contributed by atoms with Gasteiger partial charge < -0.3 is 0 Å². The molecule has 6 nitrogen and oxygen atoms in total. The van der Waals surface area contributed by atoms with E-state index in [1.807, 2.05) is 0 Å². The fraction of sp³-hybridized carbons (Fsp3) is 1.00. The summed E-state index contributed by atoms with van der Waals surface area (Å²) in [5, 5.41) is 0. The molecule has 0 amide bonds. The second kappa shape index (κ2) is 6.42. The fourth-order valence-electron chi connectivity index (χ4n) is 0.658. The summed E-state index contributed by atoms with van der Waals surface area (Å²) in [6.07, 6.45) is -1.09. The lowest BCUT2D eigenvalue weighted by molar-refractivity contribution is 0.131. The van der Waals surface area contributed by atoms with Crippen LogP contribution >= 0.6 is 0 Å². The average molecular weight is 282 g/mol. The Bertz CT molecular complexity index is 389. The van der Waals surface area contributed by atoms with Crippen LogP contribution < -0.4 is 0 Å². The van der Waals surface area contributed by atoms with Gasteiger partial charge >= 0.3 is 0 Å². The molecule has 0 bridgehead atoms. The van der Waals surface area contributed by atoms with Crippen LogP contribution in [0.1, 0.15) is 13.3 Å². The van der Waals surface area contributed by atoms with E-state index in [0.29, 0.717) is 0 Å². The number of hydrogen-bond acceptors (Lipinski definition) is 6. The monoisotopic (exact) mass is 282 g/mol. The van der Waals surface area contributed by atoms with Crippen LogP contribution in [0.3, 0.4) is 0 Å². The highest BCUT2D eigenvalue weighted by Gasteiger charge is 2.21. The van der Waals surface area contributed by atoms with Crippen LogP contribution in [-0.2, 0) is 28.6 Å². The molecule has 0 aromatic carbocycles. The Morgan fingerprint density at radius 3 is 1.94 bits per heavy atom. The SMILES string of the molecule is CCC(COS(=O)(=O)CF)OS(=O)(=O)CF. The van der Waals surface area contributed by atoms with E-state index in [-0.39, 0.29) is 6.42 Å². The van der Waals surface area contributed by atoms with Crippen LogP contribution in [0.2, 0.25) is 0 Å². The van der Waals surface area contributed by atoms with Gasteiger partial charge in [0.1, 0.15) is 6.10 Å². The minimum absolute atomic E-state index is 0.0705. The van der Waals surface area contributed by atoms with Gasteiger partial charge in [0, 0.05) is 0 Å². The molecular formula is C6H12F2O6S2. The molecule has 0 aliphatic heterocycles. The standard InChI is InChI=1S/C6H12F2O6S2/c1-2-6(14-16(11,12)5-8)3-13-15(9,10)4-7/h6H,2-5H2,1H3. The summed E-state index contributed by atoms with van der Waals surface area (Å²) in [6.45, 7) is 0.797. The van der Waals surface area contributed by atoms with Crippen LogP contribution in [0.4, 0.5) is 8.78 Å². The second-order valence-electron chi connectivity index (χ2n) is 2.74. The van der Waals surface area contributed by atoms with Crippen molar-refractivity contribution in [2.24, 2.45) is 0 Å². The normalized spacial score (nSPS) is 14.9. The third kappa shape index (κ3) is 6.30. The van der Waals surface area contributed by atoms with Gasteiger partial charge in [-0.2, -0.15) is 16.8 Å². The third-order valence-corrected chi connectivity index (χ3v) is 3.03. The molecule has 0 fully saturated rings. The maximum Gasteiger partial charge on any atom is 0.297 e. The van der Waals surface area contributed by atoms with E-state index in [4.69, 9.17) is 0 Å². The van der Waals surface area contributed by atoms with Gasteiger partial charge in [-0.15, -0.1) is 0 Å². The van der Waals surface area contributed by atoms with E-state index in [1.165, 1.54) is 6.92 Å². The van der Waals surface area contributed by atoms with Gasteiger partial charge in [-0.05, 0) is 6.42 Å². The summed E-state index contributed by atoms with van der Waals surface area (Å²) in [7, 11) is -8.66. The highest BCUT2D eigenvalue weighted by atomic mass is 32.2.